The third-order valence-corrected chi connectivity index (χ3v) is 6.02. The van der Waals surface area contributed by atoms with Crippen LogP contribution in [0.2, 0.25) is 0 Å². The topological polar surface area (TPSA) is 75.9 Å². The summed E-state index contributed by atoms with van der Waals surface area (Å²) in [5, 5.41) is 3.84. The second-order valence-electron chi connectivity index (χ2n) is 7.91. The average molecular weight is 397 g/mol. The van der Waals surface area contributed by atoms with Crippen LogP contribution in [0, 0.1) is 17.7 Å². The third kappa shape index (κ3) is 2.86. The van der Waals surface area contributed by atoms with E-state index in [1.807, 2.05) is 12.2 Å². The molecule has 2 bridgehead atoms. The monoisotopic (exact) mass is 397 g/mol. The Kier molecular flexibility index (Phi) is 4.06. The number of halogens is 1. The predicted molar refractivity (Wildman–Crippen MR) is 98.5 cm³/mol. The number of rotatable bonds is 5. The number of fused-ring (bicyclic) bond motifs is 1. The lowest BCUT2D eigenvalue weighted by Gasteiger charge is -2.27. The molecule has 1 aromatic carbocycles. The molecule has 3 aliphatic rings. The number of carbonyl (C=O) groups is 2. The number of hydrogen-bond donors (Lipinski definition) is 0. The SMILES string of the molecule is CN(Cc1ccon1)C(=O)[C@@H]1[C@@H]2C=C[C@@]3(CN(Cc4ccc(F)cc4)C(=O)[C@@H]13)O2. The van der Waals surface area contributed by atoms with E-state index in [4.69, 9.17) is 9.26 Å². The molecule has 4 heterocycles. The average Bonchev–Trinajstić information content (AvgIpc) is 3.46. The highest BCUT2D eigenvalue weighted by molar-refractivity contribution is 5.93. The van der Waals surface area contributed by atoms with Crippen molar-refractivity contribution < 1.29 is 23.2 Å². The first-order valence-corrected chi connectivity index (χ1v) is 9.51. The van der Waals surface area contributed by atoms with Crippen molar-refractivity contribution in [2.75, 3.05) is 13.6 Å². The van der Waals surface area contributed by atoms with E-state index in [9.17, 15) is 14.0 Å². The summed E-state index contributed by atoms with van der Waals surface area (Å²) >= 11 is 0. The minimum Gasteiger partial charge on any atom is -0.364 e. The molecular formula is C21H20FN3O4. The Balaban J connectivity index is 1.36. The van der Waals surface area contributed by atoms with Gasteiger partial charge >= 0.3 is 0 Å². The zero-order valence-corrected chi connectivity index (χ0v) is 15.8. The van der Waals surface area contributed by atoms with Crippen molar-refractivity contribution in [3.63, 3.8) is 0 Å². The predicted octanol–water partition coefficient (Wildman–Crippen LogP) is 1.75. The van der Waals surface area contributed by atoms with Gasteiger partial charge in [0.15, 0.2) is 0 Å². The van der Waals surface area contributed by atoms with Crippen molar-refractivity contribution in [1.29, 1.82) is 0 Å². The standard InChI is InChI=1S/C21H20FN3O4/c1-24(11-15-7-9-28-23-15)19(26)17-16-6-8-21(29-16)12-25(20(27)18(17)21)10-13-2-4-14(22)5-3-13/h2-9,16-18H,10-12H2,1H3/t16-,17+,18+,21-/m0/s1. The molecule has 2 fully saturated rings. The van der Waals surface area contributed by atoms with Crippen molar-refractivity contribution in [3.05, 3.63) is 65.8 Å². The number of nitrogens with zero attached hydrogens (tertiary/aromatic N) is 3. The molecule has 1 spiro atoms. The summed E-state index contributed by atoms with van der Waals surface area (Å²) in [6.07, 6.45) is 4.87. The molecule has 5 rings (SSSR count). The van der Waals surface area contributed by atoms with Gasteiger partial charge in [0.2, 0.25) is 11.8 Å². The fourth-order valence-corrected chi connectivity index (χ4v) is 4.70. The lowest BCUT2D eigenvalue weighted by molar-refractivity contribution is -0.143. The molecule has 0 radical (unpaired) electrons. The summed E-state index contributed by atoms with van der Waals surface area (Å²) in [5.41, 5.74) is 0.711. The molecule has 2 aromatic rings. The second kappa shape index (κ2) is 6.52. The van der Waals surface area contributed by atoms with Crippen molar-refractivity contribution in [2.24, 2.45) is 11.8 Å². The van der Waals surface area contributed by atoms with E-state index in [-0.39, 0.29) is 17.6 Å². The Hall–Kier alpha value is -3.00. The van der Waals surface area contributed by atoms with Gasteiger partial charge < -0.3 is 19.1 Å². The van der Waals surface area contributed by atoms with E-state index in [2.05, 4.69) is 5.16 Å². The van der Waals surface area contributed by atoms with Crippen LogP contribution in [0.5, 0.6) is 0 Å². The Morgan fingerprint density at radius 3 is 2.86 bits per heavy atom. The molecule has 1 aromatic heterocycles. The molecule has 0 saturated carbocycles. The quantitative estimate of drug-likeness (QED) is 0.719. The van der Waals surface area contributed by atoms with Gasteiger partial charge in [0, 0.05) is 19.7 Å². The number of likely N-dealkylation sites (tertiary alicyclic amines) is 1. The van der Waals surface area contributed by atoms with Gasteiger partial charge in [-0.2, -0.15) is 0 Å². The highest BCUT2D eigenvalue weighted by atomic mass is 19.1. The smallest absolute Gasteiger partial charge is 0.230 e. The molecule has 0 N–H and O–H groups in total. The Bertz CT molecular complexity index is 974. The van der Waals surface area contributed by atoms with Crippen LogP contribution >= 0.6 is 0 Å². The molecule has 29 heavy (non-hydrogen) atoms. The van der Waals surface area contributed by atoms with Crippen molar-refractivity contribution >= 4 is 11.8 Å². The number of ether oxygens (including phenoxy) is 1. The van der Waals surface area contributed by atoms with Crippen LogP contribution in [0.1, 0.15) is 11.3 Å². The largest absolute Gasteiger partial charge is 0.364 e. The van der Waals surface area contributed by atoms with Crippen LogP contribution in [0.3, 0.4) is 0 Å². The molecule has 7 nitrogen and oxygen atoms in total. The maximum atomic E-state index is 13.2. The summed E-state index contributed by atoms with van der Waals surface area (Å²) in [6, 6.07) is 7.78. The molecule has 4 atom stereocenters. The molecule has 8 heteroatoms. The molecular weight excluding hydrogens is 377 g/mol. The van der Waals surface area contributed by atoms with Gasteiger partial charge in [-0.05, 0) is 17.7 Å². The van der Waals surface area contributed by atoms with Gasteiger partial charge in [0.25, 0.3) is 0 Å². The van der Waals surface area contributed by atoms with Gasteiger partial charge in [0.1, 0.15) is 23.4 Å². The lowest BCUT2D eigenvalue weighted by atomic mass is 9.76. The molecule has 2 amide bonds. The Morgan fingerprint density at radius 2 is 2.14 bits per heavy atom. The van der Waals surface area contributed by atoms with E-state index < -0.39 is 23.5 Å². The molecule has 0 aliphatic carbocycles. The molecule has 3 aliphatic heterocycles. The lowest BCUT2D eigenvalue weighted by Crippen LogP contribution is -2.44. The minimum atomic E-state index is -0.767. The van der Waals surface area contributed by atoms with E-state index in [0.717, 1.165) is 5.56 Å². The second-order valence-corrected chi connectivity index (χ2v) is 7.91. The molecule has 0 unspecified atom stereocenters. The zero-order valence-electron chi connectivity index (χ0n) is 15.8. The maximum Gasteiger partial charge on any atom is 0.230 e. The van der Waals surface area contributed by atoms with E-state index in [1.54, 1.807) is 35.0 Å². The Morgan fingerprint density at radius 1 is 1.34 bits per heavy atom. The van der Waals surface area contributed by atoms with Crippen molar-refractivity contribution in [1.82, 2.24) is 15.0 Å². The van der Waals surface area contributed by atoms with Gasteiger partial charge in [-0.25, -0.2) is 4.39 Å². The van der Waals surface area contributed by atoms with Gasteiger partial charge in [0.05, 0.1) is 31.0 Å². The summed E-state index contributed by atoms with van der Waals surface area (Å²) in [4.78, 5) is 29.7. The summed E-state index contributed by atoms with van der Waals surface area (Å²) in [5.74, 6) is -1.68. The van der Waals surface area contributed by atoms with Crippen LogP contribution < -0.4 is 0 Å². The number of hydrogen-bond acceptors (Lipinski definition) is 5. The number of benzene rings is 1. The normalized spacial score (nSPS) is 29.5. The molecule has 2 saturated heterocycles. The van der Waals surface area contributed by atoms with Crippen LogP contribution in [-0.2, 0) is 27.4 Å². The Labute approximate surface area is 166 Å². The number of aromatic nitrogens is 1. The maximum absolute atomic E-state index is 13.2. The summed E-state index contributed by atoms with van der Waals surface area (Å²) < 4.78 is 24.1. The number of carbonyl (C=O) groups excluding carboxylic acids is 2. The first-order valence-electron chi connectivity index (χ1n) is 9.51. The van der Waals surface area contributed by atoms with Crippen LogP contribution in [0.25, 0.3) is 0 Å². The van der Waals surface area contributed by atoms with Crippen LogP contribution in [-0.4, -0.2) is 52.1 Å². The third-order valence-electron chi connectivity index (χ3n) is 6.02. The van der Waals surface area contributed by atoms with Crippen LogP contribution in [0.4, 0.5) is 4.39 Å². The van der Waals surface area contributed by atoms with Gasteiger partial charge in [-0.15, -0.1) is 0 Å². The highest BCUT2D eigenvalue weighted by Crippen LogP contribution is 2.52. The van der Waals surface area contributed by atoms with E-state index in [1.165, 1.54) is 18.4 Å². The first-order chi connectivity index (χ1) is 14.0. The van der Waals surface area contributed by atoms with E-state index >= 15 is 0 Å². The van der Waals surface area contributed by atoms with Gasteiger partial charge in [-0.3, -0.25) is 9.59 Å². The fraction of sp³-hybridized carbons (Fsp3) is 0.381. The van der Waals surface area contributed by atoms with E-state index in [0.29, 0.717) is 25.3 Å². The summed E-state index contributed by atoms with van der Waals surface area (Å²) in [6.45, 7) is 1.04. The highest BCUT2D eigenvalue weighted by Gasteiger charge is 2.67. The van der Waals surface area contributed by atoms with Crippen molar-refractivity contribution in [2.45, 2.75) is 24.8 Å². The fourth-order valence-electron chi connectivity index (χ4n) is 4.70. The van der Waals surface area contributed by atoms with Crippen LogP contribution in [0.15, 0.2) is 53.3 Å². The summed E-state index contributed by atoms with van der Waals surface area (Å²) in [7, 11) is 1.69. The minimum absolute atomic E-state index is 0.102. The van der Waals surface area contributed by atoms with Crippen molar-refractivity contribution in [3.8, 4) is 0 Å². The van der Waals surface area contributed by atoms with Gasteiger partial charge in [-0.1, -0.05) is 29.4 Å². The number of amides is 2. The zero-order chi connectivity index (χ0) is 20.2. The molecule has 150 valence electrons. The first kappa shape index (κ1) is 18.1.